The number of carbonyl (C=O) groups excluding carboxylic acids is 2. The maximum atomic E-state index is 12.7. The molecular formula is C20H25BrN2O4S. The third kappa shape index (κ3) is 3.99. The third-order valence-corrected chi connectivity index (χ3v) is 8.75. The summed E-state index contributed by atoms with van der Waals surface area (Å²) in [7, 11) is -3.87. The molecule has 2 N–H and O–H groups in total. The number of hydrogen-bond acceptors (Lipinski definition) is 4. The van der Waals surface area contributed by atoms with Gasteiger partial charge in [0.2, 0.25) is 11.8 Å². The minimum atomic E-state index is -3.87. The summed E-state index contributed by atoms with van der Waals surface area (Å²) in [5, 5.41) is 2.91. The van der Waals surface area contributed by atoms with Gasteiger partial charge in [0.05, 0.1) is 4.90 Å². The molecule has 4 fully saturated rings. The molecule has 4 bridgehead atoms. The van der Waals surface area contributed by atoms with Crippen molar-refractivity contribution in [1.82, 2.24) is 4.72 Å². The Bertz CT molecular complexity index is 899. The highest BCUT2D eigenvalue weighted by Crippen LogP contribution is 2.65. The zero-order chi connectivity index (χ0) is 20.2. The molecule has 2 amide bonds. The average Bonchev–Trinajstić information content (AvgIpc) is 2.50. The fraction of sp³-hybridized carbons (Fsp3) is 0.600. The van der Waals surface area contributed by atoms with Crippen LogP contribution >= 0.6 is 15.9 Å². The van der Waals surface area contributed by atoms with Crippen molar-refractivity contribution >= 4 is 43.5 Å². The van der Waals surface area contributed by atoms with Crippen molar-refractivity contribution in [3.8, 4) is 0 Å². The van der Waals surface area contributed by atoms with E-state index in [1.807, 2.05) is 4.72 Å². The topological polar surface area (TPSA) is 92.3 Å². The third-order valence-electron chi connectivity index (χ3n) is 6.37. The molecule has 0 unspecified atom stereocenters. The molecule has 1 aromatic rings. The lowest BCUT2D eigenvalue weighted by molar-refractivity contribution is -0.123. The number of hydrogen-bond donors (Lipinski definition) is 2. The van der Waals surface area contributed by atoms with Gasteiger partial charge in [-0.05, 0) is 80.0 Å². The van der Waals surface area contributed by atoms with E-state index in [9.17, 15) is 18.0 Å². The largest absolute Gasteiger partial charge is 0.326 e. The van der Waals surface area contributed by atoms with Crippen LogP contribution < -0.4 is 10.0 Å². The number of amides is 2. The van der Waals surface area contributed by atoms with Gasteiger partial charge in [0.25, 0.3) is 10.0 Å². The minimum absolute atomic E-state index is 0.0111. The molecule has 2 atom stereocenters. The first-order valence-electron chi connectivity index (χ1n) is 9.69. The van der Waals surface area contributed by atoms with Crippen molar-refractivity contribution in [3.63, 3.8) is 0 Å². The quantitative estimate of drug-likeness (QED) is 0.645. The standard InChI is InChI=1S/C20H25BrN2O4S/c1-13(24)23-28(26,27)17-4-2-16(3-5-17)22-18(25)11-19-7-14-6-15(8-19)10-20(21,9-14)12-19/h2-5,14-15H,6-12H2,1H3,(H,22,25)(H,23,24)/t14-,15-,19?,20?/m1/s1. The highest BCUT2D eigenvalue weighted by Gasteiger charge is 2.57. The molecule has 8 heteroatoms. The monoisotopic (exact) mass is 468 g/mol. The maximum Gasteiger partial charge on any atom is 0.264 e. The summed E-state index contributed by atoms with van der Waals surface area (Å²) in [6.45, 7) is 1.15. The second-order valence-corrected chi connectivity index (χ2v) is 12.4. The Morgan fingerprint density at radius 2 is 1.71 bits per heavy atom. The molecule has 5 rings (SSSR count). The van der Waals surface area contributed by atoms with Gasteiger partial charge in [-0.1, -0.05) is 15.9 Å². The van der Waals surface area contributed by atoms with Crippen LogP contribution in [0.15, 0.2) is 29.2 Å². The first-order chi connectivity index (χ1) is 13.1. The van der Waals surface area contributed by atoms with E-state index in [4.69, 9.17) is 0 Å². The molecule has 1 aromatic carbocycles. The average molecular weight is 469 g/mol. The Hall–Kier alpha value is -1.41. The number of nitrogens with one attached hydrogen (secondary N) is 2. The zero-order valence-corrected chi connectivity index (χ0v) is 18.2. The molecule has 0 aromatic heterocycles. The van der Waals surface area contributed by atoms with Crippen LogP contribution in [0.4, 0.5) is 5.69 Å². The predicted octanol–water partition coefficient (Wildman–Crippen LogP) is 3.57. The van der Waals surface area contributed by atoms with Crippen LogP contribution in [0.1, 0.15) is 51.9 Å². The SMILES string of the molecule is CC(=O)NS(=O)(=O)c1ccc(NC(=O)CC23C[C@H]4C[C@@H](CC(Br)(C4)C2)C3)cc1. The number of benzene rings is 1. The van der Waals surface area contributed by atoms with Crippen LogP contribution in [0.25, 0.3) is 0 Å². The van der Waals surface area contributed by atoms with Crippen LogP contribution in [-0.4, -0.2) is 24.6 Å². The Balaban J connectivity index is 1.41. The van der Waals surface area contributed by atoms with Crippen molar-refractivity contribution in [2.75, 3.05) is 5.32 Å². The van der Waals surface area contributed by atoms with Gasteiger partial charge >= 0.3 is 0 Å². The van der Waals surface area contributed by atoms with E-state index in [1.165, 1.54) is 31.4 Å². The lowest BCUT2D eigenvalue weighted by Crippen LogP contribution is -2.53. The number of carbonyl (C=O) groups is 2. The summed E-state index contributed by atoms with van der Waals surface area (Å²) in [5.41, 5.74) is 0.650. The van der Waals surface area contributed by atoms with Crippen molar-refractivity contribution < 1.29 is 18.0 Å². The van der Waals surface area contributed by atoms with Gasteiger partial charge in [0.1, 0.15) is 0 Å². The highest BCUT2D eigenvalue weighted by molar-refractivity contribution is 9.10. The van der Waals surface area contributed by atoms with Gasteiger partial charge in [0, 0.05) is 23.4 Å². The Morgan fingerprint density at radius 1 is 1.11 bits per heavy atom. The van der Waals surface area contributed by atoms with E-state index in [0.29, 0.717) is 12.1 Å². The normalized spacial score (nSPS) is 33.5. The molecule has 6 nitrogen and oxygen atoms in total. The van der Waals surface area contributed by atoms with E-state index in [2.05, 4.69) is 21.2 Å². The molecule has 0 radical (unpaired) electrons. The number of alkyl halides is 1. The molecule has 0 spiro atoms. The summed E-state index contributed by atoms with van der Waals surface area (Å²) < 4.78 is 26.1. The Morgan fingerprint density at radius 3 is 2.25 bits per heavy atom. The fourth-order valence-corrected chi connectivity index (χ4v) is 8.56. The molecule has 152 valence electrons. The van der Waals surface area contributed by atoms with Gasteiger partial charge in [0.15, 0.2) is 0 Å². The zero-order valence-electron chi connectivity index (χ0n) is 15.8. The highest BCUT2D eigenvalue weighted by atomic mass is 79.9. The van der Waals surface area contributed by atoms with Gasteiger partial charge in [-0.15, -0.1) is 0 Å². The summed E-state index contributed by atoms with van der Waals surface area (Å²) in [6, 6.07) is 5.88. The second-order valence-electron chi connectivity index (χ2n) is 9.02. The van der Waals surface area contributed by atoms with Crippen LogP contribution in [0.3, 0.4) is 0 Å². The van der Waals surface area contributed by atoms with Gasteiger partial charge in [-0.25, -0.2) is 13.1 Å². The molecular weight excluding hydrogens is 444 g/mol. The molecule has 0 saturated heterocycles. The van der Waals surface area contributed by atoms with Crippen LogP contribution in [0.5, 0.6) is 0 Å². The minimum Gasteiger partial charge on any atom is -0.326 e. The molecule has 0 aliphatic heterocycles. The van der Waals surface area contributed by atoms with Crippen molar-refractivity contribution in [2.45, 2.75) is 61.1 Å². The fourth-order valence-electron chi connectivity index (χ4n) is 6.05. The van der Waals surface area contributed by atoms with E-state index in [0.717, 1.165) is 38.0 Å². The number of anilines is 1. The lowest BCUT2D eigenvalue weighted by atomic mass is 9.48. The van der Waals surface area contributed by atoms with Gasteiger partial charge in [-0.3, -0.25) is 9.59 Å². The smallest absolute Gasteiger partial charge is 0.264 e. The molecule has 4 aliphatic carbocycles. The molecule has 4 aliphatic rings. The summed E-state index contributed by atoms with van der Waals surface area (Å²) >= 11 is 3.97. The maximum absolute atomic E-state index is 12.7. The van der Waals surface area contributed by atoms with Crippen molar-refractivity contribution in [1.29, 1.82) is 0 Å². The van der Waals surface area contributed by atoms with Crippen LogP contribution in [0, 0.1) is 17.3 Å². The van der Waals surface area contributed by atoms with Crippen LogP contribution in [0.2, 0.25) is 0 Å². The summed E-state index contributed by atoms with van der Waals surface area (Å²) in [5.74, 6) is 0.798. The summed E-state index contributed by atoms with van der Waals surface area (Å²) in [4.78, 5) is 23.7. The van der Waals surface area contributed by atoms with E-state index in [1.54, 1.807) is 12.1 Å². The molecule has 4 saturated carbocycles. The Kier molecular flexibility index (Phi) is 4.85. The summed E-state index contributed by atoms with van der Waals surface area (Å²) in [6.07, 6.45) is 7.62. The van der Waals surface area contributed by atoms with Gasteiger partial charge in [-0.2, -0.15) is 0 Å². The van der Waals surface area contributed by atoms with E-state index >= 15 is 0 Å². The number of sulfonamides is 1. The first kappa shape index (κ1) is 19.9. The second kappa shape index (κ2) is 6.83. The van der Waals surface area contributed by atoms with E-state index < -0.39 is 15.9 Å². The predicted molar refractivity (Wildman–Crippen MR) is 109 cm³/mol. The van der Waals surface area contributed by atoms with Crippen LogP contribution in [-0.2, 0) is 19.6 Å². The number of halogens is 1. The Labute approximate surface area is 174 Å². The van der Waals surface area contributed by atoms with Crippen molar-refractivity contribution in [2.24, 2.45) is 17.3 Å². The molecule has 28 heavy (non-hydrogen) atoms. The first-order valence-corrected chi connectivity index (χ1v) is 12.0. The molecule has 0 heterocycles. The number of rotatable bonds is 5. The van der Waals surface area contributed by atoms with E-state index in [-0.39, 0.29) is 20.5 Å². The van der Waals surface area contributed by atoms with Gasteiger partial charge < -0.3 is 5.32 Å². The van der Waals surface area contributed by atoms with Crippen molar-refractivity contribution in [3.05, 3.63) is 24.3 Å². The lowest BCUT2D eigenvalue weighted by Gasteiger charge is -2.60.